The number of hydrogen-bond acceptors (Lipinski definition) is 4. The fourth-order valence-electron chi connectivity index (χ4n) is 1.85. The molecule has 2 unspecified atom stereocenters. The van der Waals surface area contributed by atoms with Gasteiger partial charge in [-0.1, -0.05) is 0 Å². The fraction of sp³-hybridized carbons (Fsp3) is 1.00. The smallest absolute Gasteiger partial charge is 0.0595 e. The van der Waals surface area contributed by atoms with Crippen LogP contribution < -0.4 is 5.73 Å². The summed E-state index contributed by atoms with van der Waals surface area (Å²) < 4.78 is 0. The number of aliphatic hydroxyl groups is 1. The molecule has 2 atom stereocenters. The number of likely N-dealkylation sites (tertiary alicyclic amines) is 1. The van der Waals surface area contributed by atoms with E-state index in [1.807, 2.05) is 0 Å². The topological polar surface area (TPSA) is 52.7 Å². The van der Waals surface area contributed by atoms with Crippen LogP contribution >= 0.6 is 0 Å². The zero-order valence-corrected chi connectivity index (χ0v) is 8.61. The molecule has 3 N–H and O–H groups in total. The molecule has 1 fully saturated rings. The van der Waals surface area contributed by atoms with Gasteiger partial charge in [0.2, 0.25) is 0 Å². The second-order valence-electron chi connectivity index (χ2n) is 4.09. The van der Waals surface area contributed by atoms with Crippen LogP contribution in [0.4, 0.5) is 0 Å². The van der Waals surface area contributed by atoms with Gasteiger partial charge in [0, 0.05) is 25.2 Å². The van der Waals surface area contributed by atoms with Crippen molar-refractivity contribution in [2.75, 3.05) is 40.3 Å². The molecule has 1 heterocycles. The van der Waals surface area contributed by atoms with E-state index in [0.717, 1.165) is 13.1 Å². The minimum atomic E-state index is -0.101. The van der Waals surface area contributed by atoms with Crippen LogP contribution in [0.25, 0.3) is 0 Å². The molecule has 1 aliphatic heterocycles. The van der Waals surface area contributed by atoms with Gasteiger partial charge in [0.25, 0.3) is 0 Å². The zero-order chi connectivity index (χ0) is 9.84. The van der Waals surface area contributed by atoms with E-state index in [1.165, 1.54) is 13.0 Å². The van der Waals surface area contributed by atoms with Gasteiger partial charge in [0.15, 0.2) is 0 Å². The van der Waals surface area contributed by atoms with Crippen molar-refractivity contribution in [1.29, 1.82) is 0 Å². The molecule has 0 aromatic heterocycles. The summed E-state index contributed by atoms with van der Waals surface area (Å²) in [6.45, 7) is 3.15. The lowest BCUT2D eigenvalue weighted by molar-refractivity contribution is 0.188. The van der Waals surface area contributed by atoms with Crippen molar-refractivity contribution in [2.45, 2.75) is 18.5 Å². The average Bonchev–Trinajstić information content (AvgIpc) is 2.51. The minimum Gasteiger partial charge on any atom is -0.395 e. The van der Waals surface area contributed by atoms with E-state index in [-0.39, 0.29) is 12.6 Å². The molecule has 4 heteroatoms. The molecule has 78 valence electrons. The molecule has 0 saturated carbocycles. The van der Waals surface area contributed by atoms with E-state index in [4.69, 9.17) is 10.8 Å². The van der Waals surface area contributed by atoms with E-state index in [0.29, 0.717) is 6.04 Å². The lowest BCUT2D eigenvalue weighted by Crippen LogP contribution is -2.43. The Hall–Kier alpha value is -0.160. The number of rotatable bonds is 4. The molecule has 1 rings (SSSR count). The SMILES string of the molecule is CN1CCC(N(C)CC(N)CO)C1. The molecule has 0 spiro atoms. The third-order valence-corrected chi connectivity index (χ3v) is 2.75. The Morgan fingerprint density at radius 1 is 1.69 bits per heavy atom. The van der Waals surface area contributed by atoms with E-state index >= 15 is 0 Å². The molecular weight excluding hydrogens is 166 g/mol. The molecule has 0 aromatic carbocycles. The van der Waals surface area contributed by atoms with Crippen LogP contribution in [0.15, 0.2) is 0 Å². The van der Waals surface area contributed by atoms with E-state index in [2.05, 4.69) is 23.9 Å². The van der Waals surface area contributed by atoms with Crippen LogP contribution in [0.5, 0.6) is 0 Å². The normalized spacial score (nSPS) is 27.0. The van der Waals surface area contributed by atoms with Crippen LogP contribution in [0.1, 0.15) is 6.42 Å². The highest BCUT2D eigenvalue weighted by Crippen LogP contribution is 2.12. The minimum absolute atomic E-state index is 0.0763. The van der Waals surface area contributed by atoms with Gasteiger partial charge in [-0.3, -0.25) is 0 Å². The summed E-state index contributed by atoms with van der Waals surface area (Å²) >= 11 is 0. The first-order chi connectivity index (χ1) is 6.13. The van der Waals surface area contributed by atoms with Gasteiger partial charge in [-0.05, 0) is 27.1 Å². The fourth-order valence-corrected chi connectivity index (χ4v) is 1.85. The second-order valence-corrected chi connectivity index (χ2v) is 4.09. The first-order valence-electron chi connectivity index (χ1n) is 4.88. The second kappa shape index (κ2) is 4.91. The third-order valence-electron chi connectivity index (χ3n) is 2.75. The van der Waals surface area contributed by atoms with Crippen molar-refractivity contribution >= 4 is 0 Å². The Morgan fingerprint density at radius 3 is 2.85 bits per heavy atom. The molecular formula is C9H21N3O. The highest BCUT2D eigenvalue weighted by Gasteiger charge is 2.23. The van der Waals surface area contributed by atoms with Crippen LogP contribution in [0.3, 0.4) is 0 Å². The maximum atomic E-state index is 8.82. The number of aliphatic hydroxyl groups excluding tert-OH is 1. The van der Waals surface area contributed by atoms with Crippen molar-refractivity contribution in [3.8, 4) is 0 Å². The molecule has 0 aliphatic carbocycles. The maximum Gasteiger partial charge on any atom is 0.0595 e. The Bertz CT molecular complexity index is 154. The molecule has 13 heavy (non-hydrogen) atoms. The molecule has 4 nitrogen and oxygen atoms in total. The molecule has 0 radical (unpaired) electrons. The predicted molar refractivity (Wildman–Crippen MR) is 53.6 cm³/mol. The zero-order valence-electron chi connectivity index (χ0n) is 8.61. The van der Waals surface area contributed by atoms with Gasteiger partial charge >= 0.3 is 0 Å². The molecule has 1 aliphatic rings. The Balaban J connectivity index is 2.27. The molecule has 0 aromatic rings. The quantitative estimate of drug-likeness (QED) is 0.589. The van der Waals surface area contributed by atoms with Crippen molar-refractivity contribution in [3.05, 3.63) is 0 Å². The lowest BCUT2D eigenvalue weighted by atomic mass is 10.2. The van der Waals surface area contributed by atoms with Crippen molar-refractivity contribution in [3.63, 3.8) is 0 Å². The first kappa shape index (κ1) is 10.9. The van der Waals surface area contributed by atoms with Crippen molar-refractivity contribution in [1.82, 2.24) is 9.80 Å². The first-order valence-corrected chi connectivity index (χ1v) is 4.88. The largest absolute Gasteiger partial charge is 0.395 e. The summed E-state index contributed by atoms with van der Waals surface area (Å²) in [6, 6.07) is 0.513. The summed E-state index contributed by atoms with van der Waals surface area (Å²) in [7, 11) is 4.22. The Labute approximate surface area is 80.3 Å². The summed E-state index contributed by atoms with van der Waals surface area (Å²) in [5.41, 5.74) is 5.67. The Kier molecular flexibility index (Phi) is 4.12. The number of nitrogens with zero attached hydrogens (tertiary/aromatic N) is 2. The van der Waals surface area contributed by atoms with Gasteiger partial charge in [0.1, 0.15) is 0 Å². The van der Waals surface area contributed by atoms with E-state index in [9.17, 15) is 0 Å². The molecule has 0 amide bonds. The van der Waals surface area contributed by atoms with Crippen molar-refractivity contribution in [2.24, 2.45) is 5.73 Å². The van der Waals surface area contributed by atoms with Crippen LogP contribution in [-0.2, 0) is 0 Å². The van der Waals surface area contributed by atoms with Crippen LogP contribution in [0, 0.1) is 0 Å². The number of nitrogens with two attached hydrogens (primary N) is 1. The summed E-state index contributed by atoms with van der Waals surface area (Å²) in [5, 5.41) is 8.82. The lowest BCUT2D eigenvalue weighted by Gasteiger charge is -2.26. The van der Waals surface area contributed by atoms with Gasteiger partial charge in [-0.15, -0.1) is 0 Å². The van der Waals surface area contributed by atoms with Crippen molar-refractivity contribution < 1.29 is 5.11 Å². The molecule has 1 saturated heterocycles. The highest BCUT2D eigenvalue weighted by atomic mass is 16.3. The van der Waals surface area contributed by atoms with Crippen LogP contribution in [0.2, 0.25) is 0 Å². The number of likely N-dealkylation sites (N-methyl/N-ethyl adjacent to an activating group) is 2. The van der Waals surface area contributed by atoms with Crippen LogP contribution in [-0.4, -0.2) is 67.3 Å². The summed E-state index contributed by atoms with van der Waals surface area (Å²) in [6.07, 6.45) is 1.21. The Morgan fingerprint density at radius 2 is 2.38 bits per heavy atom. The van der Waals surface area contributed by atoms with Gasteiger partial charge in [0.05, 0.1) is 6.61 Å². The predicted octanol–water partition coefficient (Wildman–Crippen LogP) is -1.06. The van der Waals surface area contributed by atoms with E-state index < -0.39 is 0 Å². The average molecular weight is 187 g/mol. The van der Waals surface area contributed by atoms with Gasteiger partial charge in [-0.25, -0.2) is 0 Å². The maximum absolute atomic E-state index is 8.82. The summed E-state index contributed by atoms with van der Waals surface area (Å²) in [4.78, 5) is 4.58. The molecule has 0 bridgehead atoms. The number of hydrogen-bond donors (Lipinski definition) is 2. The van der Waals surface area contributed by atoms with Gasteiger partial charge in [-0.2, -0.15) is 0 Å². The third kappa shape index (κ3) is 3.23. The standard InChI is InChI=1S/C9H21N3O/c1-11-4-3-9(6-11)12(2)5-8(10)7-13/h8-9,13H,3-7,10H2,1-2H3. The van der Waals surface area contributed by atoms with Gasteiger partial charge < -0.3 is 20.6 Å². The van der Waals surface area contributed by atoms with E-state index in [1.54, 1.807) is 0 Å². The monoisotopic (exact) mass is 187 g/mol. The highest BCUT2D eigenvalue weighted by molar-refractivity contribution is 4.81. The summed E-state index contributed by atoms with van der Waals surface area (Å²) in [5.74, 6) is 0.